The summed E-state index contributed by atoms with van der Waals surface area (Å²) in [4.78, 5) is 17.4. The number of nitrogens with zero attached hydrogens (tertiary/aromatic N) is 3. The monoisotopic (exact) mass is 423 g/mol. The van der Waals surface area contributed by atoms with Crippen LogP contribution in [0, 0.1) is 6.92 Å². The SMILES string of the molecule is CC1=C(C(=O)Nc2ccc(C)cc2)C(c2cccc(Br)c2)n2ncnc2N1. The lowest BCUT2D eigenvalue weighted by Gasteiger charge is -2.28. The topological polar surface area (TPSA) is 71.8 Å². The van der Waals surface area contributed by atoms with E-state index in [1.54, 1.807) is 4.68 Å². The zero-order chi connectivity index (χ0) is 19.0. The van der Waals surface area contributed by atoms with E-state index in [1.807, 2.05) is 62.4 Å². The van der Waals surface area contributed by atoms with Crippen LogP contribution in [0.2, 0.25) is 0 Å². The number of allylic oxidation sites excluding steroid dienone is 1. The third-order valence-electron chi connectivity index (χ3n) is 4.51. The molecule has 0 aliphatic carbocycles. The van der Waals surface area contributed by atoms with E-state index in [1.165, 1.54) is 6.33 Å². The van der Waals surface area contributed by atoms with E-state index in [0.29, 0.717) is 11.5 Å². The Morgan fingerprint density at radius 3 is 2.70 bits per heavy atom. The second-order valence-corrected chi connectivity index (χ2v) is 7.39. The molecule has 2 aromatic carbocycles. The van der Waals surface area contributed by atoms with Gasteiger partial charge in [0.05, 0.1) is 5.57 Å². The first kappa shape index (κ1) is 17.5. The molecule has 1 aliphatic rings. The van der Waals surface area contributed by atoms with Crippen LogP contribution < -0.4 is 10.6 Å². The minimum atomic E-state index is -0.369. The van der Waals surface area contributed by atoms with Crippen molar-refractivity contribution >= 4 is 33.5 Å². The fourth-order valence-electron chi connectivity index (χ4n) is 3.21. The zero-order valence-corrected chi connectivity index (χ0v) is 16.5. The molecule has 4 rings (SSSR count). The van der Waals surface area contributed by atoms with Gasteiger partial charge < -0.3 is 10.6 Å². The Hall–Kier alpha value is -2.93. The number of halogens is 1. The van der Waals surface area contributed by atoms with Gasteiger partial charge in [-0.1, -0.05) is 45.8 Å². The molecule has 0 fully saturated rings. The number of aromatic nitrogens is 3. The molecule has 0 bridgehead atoms. The molecule has 3 aromatic rings. The summed E-state index contributed by atoms with van der Waals surface area (Å²) < 4.78 is 2.68. The predicted molar refractivity (Wildman–Crippen MR) is 108 cm³/mol. The van der Waals surface area contributed by atoms with Gasteiger partial charge in [-0.3, -0.25) is 4.79 Å². The van der Waals surface area contributed by atoms with Crippen molar-refractivity contribution in [2.75, 3.05) is 10.6 Å². The van der Waals surface area contributed by atoms with E-state index in [9.17, 15) is 4.79 Å². The summed E-state index contributed by atoms with van der Waals surface area (Å²) in [5.41, 5.74) is 4.20. The van der Waals surface area contributed by atoms with Crippen LogP contribution in [0.15, 0.2) is 70.6 Å². The lowest BCUT2D eigenvalue weighted by Crippen LogP contribution is -2.31. The van der Waals surface area contributed by atoms with Crippen LogP contribution in [-0.2, 0) is 4.79 Å². The number of carbonyl (C=O) groups excluding carboxylic acids is 1. The minimum absolute atomic E-state index is 0.171. The largest absolute Gasteiger partial charge is 0.328 e. The minimum Gasteiger partial charge on any atom is -0.328 e. The van der Waals surface area contributed by atoms with Gasteiger partial charge in [0.15, 0.2) is 0 Å². The highest BCUT2D eigenvalue weighted by molar-refractivity contribution is 9.10. The molecule has 0 saturated heterocycles. The molecule has 1 unspecified atom stereocenters. The molecule has 1 aromatic heterocycles. The Kier molecular flexibility index (Phi) is 4.53. The van der Waals surface area contributed by atoms with Crippen LogP contribution in [0.5, 0.6) is 0 Å². The van der Waals surface area contributed by atoms with E-state index < -0.39 is 0 Å². The number of carbonyl (C=O) groups is 1. The van der Waals surface area contributed by atoms with E-state index >= 15 is 0 Å². The first-order chi connectivity index (χ1) is 13.0. The summed E-state index contributed by atoms with van der Waals surface area (Å²) in [6.45, 7) is 3.89. The molecule has 2 N–H and O–H groups in total. The highest BCUT2D eigenvalue weighted by Gasteiger charge is 2.33. The summed E-state index contributed by atoms with van der Waals surface area (Å²) in [6.07, 6.45) is 1.49. The zero-order valence-electron chi connectivity index (χ0n) is 14.9. The maximum atomic E-state index is 13.2. The fourth-order valence-corrected chi connectivity index (χ4v) is 3.62. The van der Waals surface area contributed by atoms with Crippen molar-refractivity contribution < 1.29 is 4.79 Å². The highest BCUT2D eigenvalue weighted by atomic mass is 79.9. The van der Waals surface area contributed by atoms with Crippen LogP contribution >= 0.6 is 15.9 Å². The van der Waals surface area contributed by atoms with Gasteiger partial charge in [0.2, 0.25) is 5.95 Å². The smallest absolute Gasteiger partial charge is 0.255 e. The maximum Gasteiger partial charge on any atom is 0.255 e. The molecule has 1 amide bonds. The van der Waals surface area contributed by atoms with Gasteiger partial charge in [-0.15, -0.1) is 0 Å². The quantitative estimate of drug-likeness (QED) is 0.659. The van der Waals surface area contributed by atoms with Crippen LogP contribution in [0.3, 0.4) is 0 Å². The molecule has 0 radical (unpaired) electrons. The molecule has 6 nitrogen and oxygen atoms in total. The van der Waals surface area contributed by atoms with Crippen molar-refractivity contribution in [2.45, 2.75) is 19.9 Å². The van der Waals surface area contributed by atoms with Crippen molar-refractivity contribution in [2.24, 2.45) is 0 Å². The molecule has 0 saturated carbocycles. The van der Waals surface area contributed by atoms with Crippen LogP contribution in [0.1, 0.15) is 24.1 Å². The maximum absolute atomic E-state index is 13.2. The molecule has 2 heterocycles. The Labute approximate surface area is 165 Å². The van der Waals surface area contributed by atoms with Gasteiger partial charge in [-0.2, -0.15) is 10.1 Å². The lowest BCUT2D eigenvalue weighted by atomic mass is 9.95. The molecule has 27 heavy (non-hydrogen) atoms. The van der Waals surface area contributed by atoms with Crippen molar-refractivity contribution in [1.29, 1.82) is 0 Å². The van der Waals surface area contributed by atoms with Gasteiger partial charge in [-0.25, -0.2) is 4.68 Å². The Morgan fingerprint density at radius 1 is 1.19 bits per heavy atom. The molecule has 136 valence electrons. The van der Waals surface area contributed by atoms with Crippen LogP contribution in [0.25, 0.3) is 0 Å². The number of nitrogens with one attached hydrogen (secondary N) is 2. The molecular weight excluding hydrogens is 406 g/mol. The van der Waals surface area contributed by atoms with E-state index in [4.69, 9.17) is 0 Å². The number of aryl methyl sites for hydroxylation is 1. The fraction of sp³-hybridized carbons (Fsp3) is 0.150. The first-order valence-electron chi connectivity index (χ1n) is 8.54. The van der Waals surface area contributed by atoms with Gasteiger partial charge in [0.1, 0.15) is 12.4 Å². The Balaban J connectivity index is 1.76. The molecular formula is C20H18BrN5O. The number of anilines is 2. The highest BCUT2D eigenvalue weighted by Crippen LogP contribution is 2.35. The van der Waals surface area contributed by atoms with Crippen molar-refractivity contribution in [3.05, 3.63) is 81.7 Å². The number of rotatable bonds is 3. The van der Waals surface area contributed by atoms with Gasteiger partial charge in [0.25, 0.3) is 5.91 Å². The molecule has 0 spiro atoms. The Bertz CT molecular complexity index is 1040. The van der Waals surface area contributed by atoms with Gasteiger partial charge in [-0.05, 0) is 43.7 Å². The van der Waals surface area contributed by atoms with E-state index in [0.717, 1.165) is 27.0 Å². The molecule has 7 heteroatoms. The summed E-state index contributed by atoms with van der Waals surface area (Å²) in [7, 11) is 0. The van der Waals surface area contributed by atoms with Crippen molar-refractivity contribution in [3.63, 3.8) is 0 Å². The van der Waals surface area contributed by atoms with Crippen LogP contribution in [-0.4, -0.2) is 20.7 Å². The number of fused-ring (bicyclic) bond motifs is 1. The number of hydrogen-bond donors (Lipinski definition) is 2. The first-order valence-corrected chi connectivity index (χ1v) is 9.33. The predicted octanol–water partition coefficient (Wildman–Crippen LogP) is 4.28. The molecule has 1 aliphatic heterocycles. The average molecular weight is 424 g/mol. The van der Waals surface area contributed by atoms with Gasteiger partial charge in [0, 0.05) is 15.9 Å². The summed E-state index contributed by atoms with van der Waals surface area (Å²) in [6, 6.07) is 15.2. The number of amides is 1. The summed E-state index contributed by atoms with van der Waals surface area (Å²) in [5.74, 6) is 0.444. The lowest BCUT2D eigenvalue weighted by molar-refractivity contribution is -0.113. The molecule has 1 atom stereocenters. The van der Waals surface area contributed by atoms with Gasteiger partial charge >= 0.3 is 0 Å². The summed E-state index contributed by atoms with van der Waals surface area (Å²) >= 11 is 3.51. The second kappa shape index (κ2) is 7.00. The third-order valence-corrected chi connectivity index (χ3v) is 5.01. The summed E-state index contributed by atoms with van der Waals surface area (Å²) in [5, 5.41) is 10.5. The average Bonchev–Trinajstić information content (AvgIpc) is 3.10. The van der Waals surface area contributed by atoms with Crippen LogP contribution in [0.4, 0.5) is 11.6 Å². The second-order valence-electron chi connectivity index (χ2n) is 6.47. The van der Waals surface area contributed by atoms with Crippen molar-refractivity contribution in [3.8, 4) is 0 Å². The number of hydrogen-bond acceptors (Lipinski definition) is 4. The van der Waals surface area contributed by atoms with Crippen molar-refractivity contribution in [1.82, 2.24) is 14.8 Å². The van der Waals surface area contributed by atoms with E-state index in [2.05, 4.69) is 36.6 Å². The third kappa shape index (κ3) is 3.38. The normalized spacial score (nSPS) is 15.9. The number of benzene rings is 2. The standard InChI is InChI=1S/C20H18BrN5O/c1-12-6-8-16(9-7-12)25-19(27)17-13(2)24-20-22-11-23-26(20)18(17)14-4-3-5-15(21)10-14/h3-11,18H,1-2H3,(H,25,27)(H,22,23,24). The Morgan fingerprint density at radius 2 is 1.96 bits per heavy atom. The van der Waals surface area contributed by atoms with E-state index in [-0.39, 0.29) is 11.9 Å².